The van der Waals surface area contributed by atoms with Crippen LogP contribution in [0.15, 0.2) is 17.0 Å². The number of sulfonamides is 1. The van der Waals surface area contributed by atoms with Gasteiger partial charge in [-0.2, -0.15) is 4.31 Å². The lowest BCUT2D eigenvalue weighted by Gasteiger charge is -2.25. The molecule has 1 fully saturated rings. The summed E-state index contributed by atoms with van der Waals surface area (Å²) in [6.07, 6.45) is 1.76. The topological polar surface area (TPSA) is 63.4 Å². The Morgan fingerprint density at radius 1 is 1.38 bits per heavy atom. The van der Waals surface area contributed by atoms with Crippen LogP contribution in [0.2, 0.25) is 0 Å². The number of benzene rings is 1. The molecule has 6 heteroatoms. The van der Waals surface area contributed by atoms with Crippen molar-refractivity contribution in [1.82, 2.24) is 4.31 Å². The van der Waals surface area contributed by atoms with Crippen molar-refractivity contribution in [2.24, 2.45) is 11.7 Å². The van der Waals surface area contributed by atoms with Crippen molar-refractivity contribution in [3.05, 3.63) is 29.1 Å². The van der Waals surface area contributed by atoms with Crippen molar-refractivity contribution < 1.29 is 12.8 Å². The third-order valence-corrected chi connectivity index (χ3v) is 5.72. The van der Waals surface area contributed by atoms with Crippen LogP contribution in [0.5, 0.6) is 0 Å². The Morgan fingerprint density at radius 2 is 2.00 bits per heavy atom. The van der Waals surface area contributed by atoms with Crippen LogP contribution in [0.4, 0.5) is 4.39 Å². The van der Waals surface area contributed by atoms with Gasteiger partial charge in [-0.05, 0) is 43.4 Å². The molecule has 0 aliphatic heterocycles. The number of halogens is 1. The molecule has 0 amide bonds. The number of hydrogen-bond acceptors (Lipinski definition) is 3. The van der Waals surface area contributed by atoms with Crippen molar-refractivity contribution in [3.8, 4) is 0 Å². The summed E-state index contributed by atoms with van der Waals surface area (Å²) in [5.41, 5.74) is 6.20. The fourth-order valence-electron chi connectivity index (χ4n) is 2.38. The van der Waals surface area contributed by atoms with E-state index in [0.717, 1.165) is 12.8 Å². The molecule has 1 aliphatic rings. The summed E-state index contributed by atoms with van der Waals surface area (Å²) in [6, 6.07) is 2.86. The number of hydrogen-bond donors (Lipinski definition) is 1. The van der Waals surface area contributed by atoms with Gasteiger partial charge in [-0.15, -0.1) is 0 Å². The van der Waals surface area contributed by atoms with Crippen molar-refractivity contribution in [2.45, 2.75) is 51.1 Å². The molecule has 0 spiro atoms. The van der Waals surface area contributed by atoms with E-state index < -0.39 is 15.8 Å². The van der Waals surface area contributed by atoms with Gasteiger partial charge in [0.05, 0.1) is 4.90 Å². The number of nitrogens with zero attached hydrogens (tertiary/aromatic N) is 1. The molecule has 1 aromatic carbocycles. The molecule has 118 valence electrons. The van der Waals surface area contributed by atoms with Gasteiger partial charge in [-0.3, -0.25) is 0 Å². The first-order chi connectivity index (χ1) is 9.77. The van der Waals surface area contributed by atoms with Gasteiger partial charge in [0.25, 0.3) is 0 Å². The second kappa shape index (κ2) is 6.02. The number of nitrogens with two attached hydrogens (primary N) is 1. The maximum atomic E-state index is 14.0. The molecule has 0 saturated heterocycles. The highest BCUT2D eigenvalue weighted by molar-refractivity contribution is 7.89. The van der Waals surface area contributed by atoms with Crippen LogP contribution in [-0.2, 0) is 16.6 Å². The van der Waals surface area contributed by atoms with Gasteiger partial charge in [0.2, 0.25) is 10.0 Å². The second-order valence-corrected chi connectivity index (χ2v) is 7.96. The molecule has 0 atom stereocenters. The average Bonchev–Trinajstić information content (AvgIpc) is 3.22. The third-order valence-electron chi connectivity index (χ3n) is 3.68. The lowest BCUT2D eigenvalue weighted by atomic mass is 10.1. The van der Waals surface area contributed by atoms with Crippen molar-refractivity contribution in [1.29, 1.82) is 0 Å². The van der Waals surface area contributed by atoms with Gasteiger partial charge in [0.1, 0.15) is 5.82 Å². The van der Waals surface area contributed by atoms with E-state index in [2.05, 4.69) is 0 Å². The van der Waals surface area contributed by atoms with Crippen LogP contribution >= 0.6 is 0 Å². The lowest BCUT2D eigenvalue weighted by molar-refractivity contribution is 0.359. The van der Waals surface area contributed by atoms with E-state index in [9.17, 15) is 12.8 Å². The average molecular weight is 314 g/mol. The summed E-state index contributed by atoms with van der Waals surface area (Å²) in [5.74, 6) is -0.292. The van der Waals surface area contributed by atoms with Gasteiger partial charge >= 0.3 is 0 Å². The molecule has 0 radical (unpaired) electrons. The normalized spacial score (nSPS) is 16.0. The summed E-state index contributed by atoms with van der Waals surface area (Å²) in [7, 11) is -3.68. The summed E-state index contributed by atoms with van der Waals surface area (Å²) >= 11 is 0. The van der Waals surface area contributed by atoms with Crippen LogP contribution in [0.1, 0.15) is 37.8 Å². The molecule has 0 bridgehead atoms. The van der Waals surface area contributed by atoms with E-state index in [0.29, 0.717) is 12.1 Å². The molecular formula is C15H23FN2O2S. The maximum absolute atomic E-state index is 14.0. The fraction of sp³-hybridized carbons (Fsp3) is 0.600. The van der Waals surface area contributed by atoms with Gasteiger partial charge < -0.3 is 5.73 Å². The Bertz CT molecular complexity index is 625. The van der Waals surface area contributed by atoms with E-state index in [1.807, 2.05) is 13.8 Å². The molecule has 0 unspecified atom stereocenters. The summed E-state index contributed by atoms with van der Waals surface area (Å²) in [6.45, 7) is 6.04. The summed E-state index contributed by atoms with van der Waals surface area (Å²) in [4.78, 5) is 0.0514. The van der Waals surface area contributed by atoms with Crippen molar-refractivity contribution >= 4 is 10.0 Å². The minimum absolute atomic E-state index is 0.0514. The summed E-state index contributed by atoms with van der Waals surface area (Å²) < 4.78 is 41.3. The van der Waals surface area contributed by atoms with Gasteiger partial charge in [0, 0.05) is 24.7 Å². The quantitative estimate of drug-likeness (QED) is 0.877. The molecule has 0 aromatic heterocycles. The van der Waals surface area contributed by atoms with E-state index >= 15 is 0 Å². The molecule has 0 heterocycles. The van der Waals surface area contributed by atoms with Crippen LogP contribution in [0, 0.1) is 18.7 Å². The first-order valence-electron chi connectivity index (χ1n) is 7.28. The van der Waals surface area contributed by atoms with Gasteiger partial charge in [-0.1, -0.05) is 13.8 Å². The van der Waals surface area contributed by atoms with Gasteiger partial charge in [-0.25, -0.2) is 12.8 Å². The highest BCUT2D eigenvalue weighted by Gasteiger charge is 2.39. The Balaban J connectivity index is 2.49. The predicted molar refractivity (Wildman–Crippen MR) is 80.8 cm³/mol. The van der Waals surface area contributed by atoms with E-state index in [1.165, 1.54) is 23.4 Å². The Hall–Kier alpha value is -0.980. The zero-order valence-corrected chi connectivity index (χ0v) is 13.6. The smallest absolute Gasteiger partial charge is 0.243 e. The highest BCUT2D eigenvalue weighted by Crippen LogP contribution is 2.34. The molecule has 4 nitrogen and oxygen atoms in total. The maximum Gasteiger partial charge on any atom is 0.243 e. The standard InChI is InChI=1S/C15H23FN2O2S/c1-10(2)9-18(13-4-5-13)21(19,20)15-7-12(8-17)6-14(16)11(15)3/h6-7,10,13H,4-5,8-9,17H2,1-3H3. The first kappa shape index (κ1) is 16.4. The predicted octanol–water partition coefficient (Wildman–Crippen LogP) is 2.40. The SMILES string of the molecule is Cc1c(F)cc(CN)cc1S(=O)(=O)N(CC(C)C)C1CC1. The van der Waals surface area contributed by atoms with Crippen LogP contribution < -0.4 is 5.73 Å². The van der Waals surface area contributed by atoms with Crippen molar-refractivity contribution in [2.75, 3.05) is 6.54 Å². The highest BCUT2D eigenvalue weighted by atomic mass is 32.2. The zero-order valence-electron chi connectivity index (χ0n) is 12.8. The van der Waals surface area contributed by atoms with E-state index in [-0.39, 0.29) is 29.0 Å². The molecule has 2 N–H and O–H groups in total. The molecular weight excluding hydrogens is 291 g/mol. The van der Waals surface area contributed by atoms with Crippen LogP contribution in [0.25, 0.3) is 0 Å². The Kier molecular flexibility index (Phi) is 4.70. The van der Waals surface area contributed by atoms with E-state index in [1.54, 1.807) is 0 Å². The van der Waals surface area contributed by atoms with Crippen LogP contribution in [0.3, 0.4) is 0 Å². The minimum atomic E-state index is -3.68. The molecule has 1 aliphatic carbocycles. The van der Waals surface area contributed by atoms with E-state index in [4.69, 9.17) is 5.73 Å². The monoisotopic (exact) mass is 314 g/mol. The minimum Gasteiger partial charge on any atom is -0.326 e. The molecule has 2 rings (SSSR count). The van der Waals surface area contributed by atoms with Crippen molar-refractivity contribution in [3.63, 3.8) is 0 Å². The molecule has 1 aromatic rings. The lowest BCUT2D eigenvalue weighted by Crippen LogP contribution is -2.36. The Labute approximate surface area is 126 Å². The van der Waals surface area contributed by atoms with Gasteiger partial charge in [0.15, 0.2) is 0 Å². The second-order valence-electron chi connectivity index (χ2n) is 6.10. The third kappa shape index (κ3) is 3.44. The first-order valence-corrected chi connectivity index (χ1v) is 8.72. The fourth-order valence-corrected chi connectivity index (χ4v) is 4.52. The largest absolute Gasteiger partial charge is 0.326 e. The molecule has 1 saturated carbocycles. The number of rotatable bonds is 6. The summed E-state index contributed by atoms with van der Waals surface area (Å²) in [5, 5.41) is 0. The van der Waals surface area contributed by atoms with Crippen LogP contribution in [-0.4, -0.2) is 25.3 Å². The molecule has 21 heavy (non-hydrogen) atoms. The zero-order chi connectivity index (χ0) is 15.8. The Morgan fingerprint density at radius 3 is 2.48 bits per heavy atom.